The van der Waals surface area contributed by atoms with Crippen molar-refractivity contribution in [1.82, 2.24) is 4.98 Å². The van der Waals surface area contributed by atoms with Crippen LogP contribution in [0.1, 0.15) is 15.4 Å². The van der Waals surface area contributed by atoms with Crippen molar-refractivity contribution in [1.29, 1.82) is 0 Å². The van der Waals surface area contributed by atoms with Gasteiger partial charge in [0.2, 0.25) is 0 Å². The van der Waals surface area contributed by atoms with E-state index in [1.165, 1.54) is 11.3 Å². The second kappa shape index (κ2) is 5.35. The number of carbonyl (C=O) groups excluding carboxylic acids is 1. The lowest BCUT2D eigenvalue weighted by Gasteiger charge is -1.85. The minimum Gasteiger partial charge on any atom is -0.364 e. The zero-order chi connectivity index (χ0) is 6.85. The van der Waals surface area contributed by atoms with Gasteiger partial charge in [0.05, 0.1) is 5.51 Å². The van der Waals surface area contributed by atoms with Gasteiger partial charge in [-0.2, -0.15) is 0 Å². The van der Waals surface area contributed by atoms with Crippen LogP contribution in [-0.2, 0) is 0 Å². The second-order valence-electron chi connectivity index (χ2n) is 1.62. The molecule has 0 saturated carbocycles. The maximum Gasteiger partial charge on any atom is 0.268 e. The van der Waals surface area contributed by atoms with Crippen LogP contribution < -0.4 is 5.73 Å². The molecule has 0 aliphatic rings. The molecule has 3 nitrogen and oxygen atoms in total. The highest BCUT2D eigenvalue weighted by Gasteiger charge is 2.05. The molecular weight excluding hydrogens is 207 g/mol. The lowest BCUT2D eigenvalue weighted by Crippen LogP contribution is -2.12. The van der Waals surface area contributed by atoms with Crippen LogP contribution in [0.25, 0.3) is 0 Å². The molecule has 0 fully saturated rings. The standard InChI is InChI=1S/C5H6N2OS.2ClH/c1-3-4(5(6)8)7-2-9-3;;/h2H,1H3,(H2,6,8);2*1H. The summed E-state index contributed by atoms with van der Waals surface area (Å²) in [6.07, 6.45) is 0. The molecule has 0 aliphatic heterocycles. The summed E-state index contributed by atoms with van der Waals surface area (Å²) in [5.41, 5.74) is 6.96. The first-order valence-electron chi connectivity index (χ1n) is 2.41. The number of halogens is 2. The first-order valence-corrected chi connectivity index (χ1v) is 3.29. The van der Waals surface area contributed by atoms with Crippen LogP contribution >= 0.6 is 36.2 Å². The minimum atomic E-state index is -0.450. The molecule has 1 rings (SSSR count). The summed E-state index contributed by atoms with van der Waals surface area (Å²) in [5.74, 6) is -0.450. The number of hydrogen-bond donors (Lipinski definition) is 1. The van der Waals surface area contributed by atoms with Gasteiger partial charge in [-0.1, -0.05) is 0 Å². The molecule has 0 unspecified atom stereocenters. The molecule has 0 atom stereocenters. The molecule has 6 heteroatoms. The fourth-order valence-electron chi connectivity index (χ4n) is 0.542. The van der Waals surface area contributed by atoms with Gasteiger partial charge in [0.1, 0.15) is 5.69 Å². The van der Waals surface area contributed by atoms with Crippen LogP contribution in [0, 0.1) is 6.92 Å². The fourth-order valence-corrected chi connectivity index (χ4v) is 1.12. The highest BCUT2D eigenvalue weighted by atomic mass is 35.5. The number of primary amides is 1. The fraction of sp³-hybridized carbons (Fsp3) is 0.200. The van der Waals surface area contributed by atoms with E-state index in [1.807, 2.05) is 6.92 Å². The predicted molar refractivity (Wildman–Crippen MR) is 49.9 cm³/mol. The average molecular weight is 215 g/mol. The molecular formula is C5H8Cl2N2OS. The van der Waals surface area contributed by atoms with Gasteiger partial charge in [-0.05, 0) is 6.92 Å². The maximum absolute atomic E-state index is 10.4. The van der Waals surface area contributed by atoms with Crippen molar-refractivity contribution < 1.29 is 4.79 Å². The lowest BCUT2D eigenvalue weighted by molar-refractivity contribution is 0.0995. The number of aromatic nitrogens is 1. The molecule has 0 spiro atoms. The monoisotopic (exact) mass is 214 g/mol. The molecule has 11 heavy (non-hydrogen) atoms. The first-order chi connectivity index (χ1) is 4.22. The third kappa shape index (κ3) is 3.05. The van der Waals surface area contributed by atoms with Crippen molar-refractivity contribution in [3.05, 3.63) is 16.1 Å². The van der Waals surface area contributed by atoms with Gasteiger partial charge >= 0.3 is 0 Å². The Morgan fingerprint density at radius 1 is 1.64 bits per heavy atom. The molecule has 0 aliphatic carbocycles. The number of nitrogens with two attached hydrogens (primary N) is 1. The zero-order valence-electron chi connectivity index (χ0n) is 5.73. The molecule has 1 amide bonds. The summed E-state index contributed by atoms with van der Waals surface area (Å²) in [4.78, 5) is 15.1. The number of aryl methyl sites for hydroxylation is 1. The summed E-state index contributed by atoms with van der Waals surface area (Å²) in [6.45, 7) is 1.82. The summed E-state index contributed by atoms with van der Waals surface area (Å²) >= 11 is 1.42. The Kier molecular flexibility index (Phi) is 6.46. The molecule has 0 radical (unpaired) electrons. The van der Waals surface area contributed by atoms with Crippen molar-refractivity contribution in [3.8, 4) is 0 Å². The Balaban J connectivity index is 0. The molecule has 0 aromatic carbocycles. The van der Waals surface area contributed by atoms with Crippen LogP contribution in [0.2, 0.25) is 0 Å². The van der Waals surface area contributed by atoms with Crippen LogP contribution in [0.3, 0.4) is 0 Å². The van der Waals surface area contributed by atoms with E-state index in [0.717, 1.165) is 4.88 Å². The number of amides is 1. The summed E-state index contributed by atoms with van der Waals surface area (Å²) < 4.78 is 0. The molecule has 2 N–H and O–H groups in total. The van der Waals surface area contributed by atoms with E-state index in [-0.39, 0.29) is 24.8 Å². The Morgan fingerprint density at radius 3 is 2.36 bits per heavy atom. The highest BCUT2D eigenvalue weighted by molar-refractivity contribution is 7.09. The second-order valence-corrected chi connectivity index (χ2v) is 2.68. The van der Waals surface area contributed by atoms with Gasteiger partial charge in [-0.3, -0.25) is 4.79 Å². The van der Waals surface area contributed by atoms with E-state index in [1.54, 1.807) is 5.51 Å². The molecule has 1 heterocycles. The predicted octanol–water partition coefficient (Wildman–Crippen LogP) is 1.39. The van der Waals surface area contributed by atoms with Crippen LogP contribution in [-0.4, -0.2) is 10.9 Å². The van der Waals surface area contributed by atoms with Crippen molar-refractivity contribution in [3.63, 3.8) is 0 Å². The number of carbonyl (C=O) groups is 1. The van der Waals surface area contributed by atoms with E-state index in [4.69, 9.17) is 5.73 Å². The van der Waals surface area contributed by atoms with Crippen LogP contribution in [0.15, 0.2) is 5.51 Å². The third-order valence-electron chi connectivity index (χ3n) is 0.978. The van der Waals surface area contributed by atoms with Gasteiger partial charge < -0.3 is 5.73 Å². The number of nitrogens with zero attached hydrogens (tertiary/aromatic N) is 1. The van der Waals surface area contributed by atoms with Gasteiger partial charge in [-0.25, -0.2) is 4.98 Å². The maximum atomic E-state index is 10.4. The summed E-state index contributed by atoms with van der Waals surface area (Å²) in [6, 6.07) is 0. The molecule has 1 aromatic heterocycles. The SMILES string of the molecule is Cc1scnc1C(N)=O.Cl.Cl. The summed E-state index contributed by atoms with van der Waals surface area (Å²) in [7, 11) is 0. The van der Waals surface area contributed by atoms with E-state index >= 15 is 0 Å². The number of rotatable bonds is 1. The molecule has 0 saturated heterocycles. The quantitative estimate of drug-likeness (QED) is 0.769. The molecule has 1 aromatic rings. The van der Waals surface area contributed by atoms with E-state index < -0.39 is 5.91 Å². The summed E-state index contributed by atoms with van der Waals surface area (Å²) in [5, 5.41) is 0. The largest absolute Gasteiger partial charge is 0.364 e. The third-order valence-corrected chi connectivity index (χ3v) is 1.74. The van der Waals surface area contributed by atoms with Gasteiger partial charge in [0, 0.05) is 4.88 Å². The number of hydrogen-bond acceptors (Lipinski definition) is 3. The van der Waals surface area contributed by atoms with Gasteiger partial charge in [0.25, 0.3) is 5.91 Å². The lowest BCUT2D eigenvalue weighted by atomic mass is 10.4. The smallest absolute Gasteiger partial charge is 0.268 e. The van der Waals surface area contributed by atoms with Gasteiger partial charge in [-0.15, -0.1) is 36.2 Å². The Labute approximate surface area is 80.8 Å². The minimum absolute atomic E-state index is 0. The average Bonchev–Trinajstić information content (AvgIpc) is 2.13. The molecule has 64 valence electrons. The van der Waals surface area contributed by atoms with Gasteiger partial charge in [0.15, 0.2) is 0 Å². The van der Waals surface area contributed by atoms with Crippen molar-refractivity contribution in [2.45, 2.75) is 6.92 Å². The van der Waals surface area contributed by atoms with Crippen molar-refractivity contribution in [2.75, 3.05) is 0 Å². The van der Waals surface area contributed by atoms with Crippen LogP contribution in [0.4, 0.5) is 0 Å². The Morgan fingerprint density at radius 2 is 2.18 bits per heavy atom. The van der Waals surface area contributed by atoms with Crippen LogP contribution in [0.5, 0.6) is 0 Å². The van der Waals surface area contributed by atoms with Crippen molar-refractivity contribution >= 4 is 42.1 Å². The topological polar surface area (TPSA) is 56.0 Å². The Bertz CT molecular complexity index is 238. The molecule has 0 bridgehead atoms. The first kappa shape index (κ1) is 13.3. The van der Waals surface area contributed by atoms with E-state index in [2.05, 4.69) is 4.98 Å². The van der Waals surface area contributed by atoms with Crippen molar-refractivity contribution in [2.24, 2.45) is 5.73 Å². The van der Waals surface area contributed by atoms with E-state index in [0.29, 0.717) is 5.69 Å². The zero-order valence-corrected chi connectivity index (χ0v) is 8.18. The van der Waals surface area contributed by atoms with E-state index in [9.17, 15) is 4.79 Å². The highest BCUT2D eigenvalue weighted by Crippen LogP contribution is 2.09. The number of thiazole rings is 1. The normalized spacial score (nSPS) is 7.73. The Hall–Kier alpha value is -0.320.